The summed E-state index contributed by atoms with van der Waals surface area (Å²) >= 11 is 8.51. The van der Waals surface area contributed by atoms with Crippen LogP contribution in [-0.4, -0.2) is 50.9 Å². The molecular formula is C35H46ClFO4S. The Morgan fingerprint density at radius 2 is 1.52 bits per heavy atom. The molecule has 0 spiro atoms. The molecule has 1 fully saturated rings. The van der Waals surface area contributed by atoms with Gasteiger partial charge in [0.1, 0.15) is 24.4 Å². The van der Waals surface area contributed by atoms with Gasteiger partial charge in [0.15, 0.2) is 6.17 Å². The van der Waals surface area contributed by atoms with E-state index in [9.17, 15) is 0 Å². The second-order valence-electron chi connectivity index (χ2n) is 11.0. The SMILES string of the molecule is CCCCOCC1OC(c2ccc(Cl)c(Cc3ccc(-c4ccccc4)s3)c2)[C@H](OCCCC)C(OCCCC)[C@@H]1F. The van der Waals surface area contributed by atoms with Gasteiger partial charge in [-0.15, -0.1) is 11.3 Å². The Morgan fingerprint density at radius 1 is 0.833 bits per heavy atom. The lowest BCUT2D eigenvalue weighted by Crippen LogP contribution is -2.56. The Balaban J connectivity index is 1.60. The van der Waals surface area contributed by atoms with E-state index in [-0.39, 0.29) is 6.61 Å². The van der Waals surface area contributed by atoms with Crippen molar-refractivity contribution in [1.82, 2.24) is 0 Å². The molecule has 0 amide bonds. The van der Waals surface area contributed by atoms with Crippen LogP contribution in [0.5, 0.6) is 0 Å². The van der Waals surface area contributed by atoms with Crippen molar-refractivity contribution in [2.45, 2.75) is 96.3 Å². The topological polar surface area (TPSA) is 36.9 Å². The normalized spacial score (nSPS) is 22.5. The largest absolute Gasteiger partial charge is 0.379 e. The number of thiophene rings is 1. The fraction of sp³-hybridized carbons (Fsp3) is 0.543. The smallest absolute Gasteiger partial charge is 0.157 e. The molecule has 5 atom stereocenters. The molecule has 0 bridgehead atoms. The molecule has 0 aliphatic carbocycles. The van der Waals surface area contributed by atoms with Crippen LogP contribution in [0.3, 0.4) is 0 Å². The molecule has 1 aromatic heterocycles. The van der Waals surface area contributed by atoms with Gasteiger partial charge >= 0.3 is 0 Å². The van der Waals surface area contributed by atoms with E-state index >= 15 is 4.39 Å². The van der Waals surface area contributed by atoms with Crippen LogP contribution in [0.2, 0.25) is 5.02 Å². The number of rotatable bonds is 17. The highest BCUT2D eigenvalue weighted by atomic mass is 35.5. The lowest BCUT2D eigenvalue weighted by atomic mass is 9.90. The number of benzene rings is 2. The van der Waals surface area contributed by atoms with Crippen LogP contribution in [-0.2, 0) is 25.4 Å². The second kappa shape index (κ2) is 17.5. The molecule has 2 aromatic carbocycles. The number of halogens is 2. The molecule has 3 aromatic rings. The Morgan fingerprint density at radius 3 is 2.24 bits per heavy atom. The van der Waals surface area contributed by atoms with Crippen LogP contribution in [0, 0.1) is 0 Å². The third kappa shape index (κ3) is 9.10. The molecule has 4 nitrogen and oxygen atoms in total. The maximum Gasteiger partial charge on any atom is 0.157 e. The lowest BCUT2D eigenvalue weighted by Gasteiger charge is -2.44. The fourth-order valence-corrected chi connectivity index (χ4v) is 6.39. The summed E-state index contributed by atoms with van der Waals surface area (Å²) in [6.45, 7) is 8.12. The van der Waals surface area contributed by atoms with Gasteiger partial charge in [0.25, 0.3) is 0 Å². The molecule has 2 heterocycles. The van der Waals surface area contributed by atoms with Gasteiger partial charge in [-0.05, 0) is 54.2 Å². The van der Waals surface area contributed by atoms with Crippen LogP contribution in [0.1, 0.15) is 81.4 Å². The van der Waals surface area contributed by atoms with Gasteiger partial charge in [0.2, 0.25) is 0 Å². The Bertz CT molecular complexity index is 1190. The van der Waals surface area contributed by atoms with Crippen LogP contribution in [0.25, 0.3) is 10.4 Å². The third-order valence-electron chi connectivity index (χ3n) is 7.64. The van der Waals surface area contributed by atoms with E-state index in [1.54, 1.807) is 11.3 Å². The predicted molar refractivity (Wildman–Crippen MR) is 172 cm³/mol. The van der Waals surface area contributed by atoms with E-state index in [0.717, 1.165) is 49.7 Å². The van der Waals surface area contributed by atoms with Crippen molar-refractivity contribution in [3.8, 4) is 10.4 Å². The van der Waals surface area contributed by atoms with Crippen molar-refractivity contribution in [3.63, 3.8) is 0 Å². The minimum Gasteiger partial charge on any atom is -0.379 e. The number of hydrogen-bond acceptors (Lipinski definition) is 5. The van der Waals surface area contributed by atoms with Crippen molar-refractivity contribution in [2.24, 2.45) is 0 Å². The second-order valence-corrected chi connectivity index (χ2v) is 12.6. The average Bonchev–Trinajstić information content (AvgIpc) is 3.48. The molecule has 0 N–H and O–H groups in total. The van der Waals surface area contributed by atoms with Crippen LogP contribution < -0.4 is 0 Å². The van der Waals surface area contributed by atoms with Gasteiger partial charge in [0.05, 0.1) is 6.61 Å². The molecule has 3 unspecified atom stereocenters. The highest BCUT2D eigenvalue weighted by Crippen LogP contribution is 2.39. The first kappa shape index (κ1) is 33.1. The van der Waals surface area contributed by atoms with E-state index in [1.165, 1.54) is 15.3 Å². The van der Waals surface area contributed by atoms with Gasteiger partial charge in [-0.2, -0.15) is 0 Å². The highest BCUT2D eigenvalue weighted by molar-refractivity contribution is 7.15. The fourth-order valence-electron chi connectivity index (χ4n) is 5.17. The Kier molecular flexibility index (Phi) is 13.8. The minimum atomic E-state index is -1.35. The van der Waals surface area contributed by atoms with E-state index < -0.39 is 30.6 Å². The summed E-state index contributed by atoms with van der Waals surface area (Å²) in [5, 5.41) is 0.700. The van der Waals surface area contributed by atoms with Gasteiger partial charge in [-0.3, -0.25) is 0 Å². The van der Waals surface area contributed by atoms with Crippen molar-refractivity contribution in [2.75, 3.05) is 26.4 Å². The summed E-state index contributed by atoms with van der Waals surface area (Å²) in [5.74, 6) is 0. The van der Waals surface area contributed by atoms with E-state index in [1.807, 2.05) is 18.2 Å². The summed E-state index contributed by atoms with van der Waals surface area (Å²) in [6, 6.07) is 20.7. The van der Waals surface area contributed by atoms with Crippen molar-refractivity contribution < 1.29 is 23.3 Å². The minimum absolute atomic E-state index is 0.185. The molecule has 7 heteroatoms. The number of alkyl halides is 1. The van der Waals surface area contributed by atoms with E-state index in [2.05, 4.69) is 63.2 Å². The first-order chi connectivity index (χ1) is 20.5. The van der Waals surface area contributed by atoms with Crippen molar-refractivity contribution in [1.29, 1.82) is 0 Å². The Hall–Kier alpha value is -1.80. The molecule has 1 aliphatic heterocycles. The average molecular weight is 617 g/mol. The standard InChI is InChI=1S/C35H46ClFO4S/c1-4-7-19-38-24-30-32(37)34(39-20-8-5-2)35(40-21-9-6-3)33(41-30)26-15-17-29(36)27(22-26)23-28-16-18-31(42-28)25-13-11-10-12-14-25/h10-18,22,30,32-35H,4-9,19-21,23-24H2,1-3H3/t30?,32-,33?,34?,35+/m1/s1. The van der Waals surface area contributed by atoms with Crippen molar-refractivity contribution >= 4 is 22.9 Å². The first-order valence-corrected chi connectivity index (χ1v) is 16.8. The first-order valence-electron chi connectivity index (χ1n) is 15.6. The lowest BCUT2D eigenvalue weighted by molar-refractivity contribution is -0.243. The summed E-state index contributed by atoms with van der Waals surface area (Å²) in [4.78, 5) is 2.45. The van der Waals surface area contributed by atoms with Crippen LogP contribution >= 0.6 is 22.9 Å². The number of unbranched alkanes of at least 4 members (excludes halogenated alkanes) is 3. The molecule has 1 saturated heterocycles. The summed E-state index contributed by atoms with van der Waals surface area (Å²) in [7, 11) is 0. The van der Waals surface area contributed by atoms with Gasteiger partial charge < -0.3 is 18.9 Å². The van der Waals surface area contributed by atoms with Gasteiger partial charge in [-0.1, -0.05) is 94.1 Å². The van der Waals surface area contributed by atoms with E-state index in [4.69, 9.17) is 30.5 Å². The molecule has 0 radical (unpaired) electrons. The van der Waals surface area contributed by atoms with Gasteiger partial charge in [0, 0.05) is 41.0 Å². The van der Waals surface area contributed by atoms with Crippen LogP contribution in [0.15, 0.2) is 60.7 Å². The third-order valence-corrected chi connectivity index (χ3v) is 9.14. The highest BCUT2D eigenvalue weighted by Gasteiger charge is 2.48. The zero-order chi connectivity index (χ0) is 29.7. The molecule has 42 heavy (non-hydrogen) atoms. The summed E-state index contributed by atoms with van der Waals surface area (Å²) < 4.78 is 41.0. The predicted octanol–water partition coefficient (Wildman–Crippen LogP) is 9.62. The maximum absolute atomic E-state index is 16.0. The zero-order valence-electron chi connectivity index (χ0n) is 25.2. The monoisotopic (exact) mass is 616 g/mol. The quantitative estimate of drug-likeness (QED) is 0.142. The molecule has 0 saturated carbocycles. The Labute approximate surface area is 260 Å². The summed E-state index contributed by atoms with van der Waals surface area (Å²) in [5.41, 5.74) is 3.14. The van der Waals surface area contributed by atoms with Crippen molar-refractivity contribution in [3.05, 3.63) is 81.7 Å². The molecule has 4 rings (SSSR count). The number of hydrogen-bond donors (Lipinski definition) is 0. The maximum atomic E-state index is 16.0. The molecule has 1 aliphatic rings. The number of ether oxygens (including phenoxy) is 4. The van der Waals surface area contributed by atoms with E-state index in [0.29, 0.717) is 31.3 Å². The summed E-state index contributed by atoms with van der Waals surface area (Å²) in [6.07, 6.45) is 2.47. The molecule has 230 valence electrons. The van der Waals surface area contributed by atoms with Gasteiger partial charge in [-0.25, -0.2) is 4.39 Å². The zero-order valence-corrected chi connectivity index (χ0v) is 26.8. The molecular weight excluding hydrogens is 571 g/mol. The van der Waals surface area contributed by atoms with Crippen LogP contribution in [0.4, 0.5) is 4.39 Å².